The highest BCUT2D eigenvalue weighted by molar-refractivity contribution is 5.94. The first-order valence-electron chi connectivity index (χ1n) is 10.5. The van der Waals surface area contributed by atoms with Crippen molar-refractivity contribution in [2.45, 2.75) is 52.1 Å². The van der Waals surface area contributed by atoms with Gasteiger partial charge in [-0.3, -0.25) is 9.59 Å². The van der Waals surface area contributed by atoms with Crippen molar-refractivity contribution >= 4 is 11.9 Å². The maximum atomic E-state index is 13.1. The van der Waals surface area contributed by atoms with E-state index in [1.165, 1.54) is 4.90 Å². The number of nitrogens with zero attached hydrogens (tertiary/aromatic N) is 2. The van der Waals surface area contributed by atoms with Crippen LogP contribution in [0.1, 0.15) is 62.4 Å². The van der Waals surface area contributed by atoms with Gasteiger partial charge < -0.3 is 14.7 Å². The molecule has 0 fully saturated rings. The van der Waals surface area contributed by atoms with Gasteiger partial charge >= 0.3 is 5.97 Å². The van der Waals surface area contributed by atoms with Crippen LogP contribution in [0, 0.1) is 11.3 Å². The Morgan fingerprint density at radius 2 is 1.83 bits per heavy atom. The van der Waals surface area contributed by atoms with Crippen LogP contribution in [-0.2, 0) is 11.3 Å². The van der Waals surface area contributed by atoms with Crippen molar-refractivity contribution in [3.05, 3.63) is 65.2 Å². The van der Waals surface area contributed by atoms with E-state index < -0.39 is 12.0 Å². The number of nitriles is 1. The highest BCUT2D eigenvalue weighted by Crippen LogP contribution is 2.23. The zero-order chi connectivity index (χ0) is 22.9. The number of aliphatic carboxylic acids is 1. The summed E-state index contributed by atoms with van der Waals surface area (Å²) in [6, 6.07) is 14.6. The van der Waals surface area contributed by atoms with E-state index in [2.05, 4.69) is 0 Å². The molecule has 0 unspecified atom stereocenters. The zero-order valence-corrected chi connectivity index (χ0v) is 17.4. The molecule has 0 radical (unpaired) electrons. The van der Waals surface area contributed by atoms with E-state index in [9.17, 15) is 9.59 Å². The summed E-state index contributed by atoms with van der Waals surface area (Å²) in [6.07, 6.45) is 2.26. The predicted octanol–water partition coefficient (Wildman–Crippen LogP) is 4.63. The molecule has 1 amide bonds. The number of rotatable bonds is 11. The van der Waals surface area contributed by atoms with Crippen LogP contribution in [0.15, 0.2) is 48.5 Å². The Bertz CT molecular complexity index is 930. The Balaban J connectivity index is 2.10. The lowest BCUT2D eigenvalue weighted by molar-refractivity contribution is -0.137. The molecule has 0 aliphatic heterocycles. The molecule has 30 heavy (non-hydrogen) atoms. The summed E-state index contributed by atoms with van der Waals surface area (Å²) in [5, 5.41) is 17.7. The van der Waals surface area contributed by atoms with Crippen LogP contribution in [0.4, 0.5) is 0 Å². The van der Waals surface area contributed by atoms with E-state index >= 15 is 0 Å². The lowest BCUT2D eigenvalue weighted by atomic mass is 10.1. The maximum absolute atomic E-state index is 13.1. The molecule has 2 aromatic carbocycles. The fraction of sp³-hybridized carbons (Fsp3) is 0.375. The summed E-state index contributed by atoms with van der Waals surface area (Å²) in [5.41, 5.74) is 1.67. The first-order valence-corrected chi connectivity index (χ1v) is 9.97. The van der Waals surface area contributed by atoms with E-state index in [0.717, 1.165) is 18.4 Å². The van der Waals surface area contributed by atoms with Gasteiger partial charge in [0.05, 0.1) is 19.6 Å². The van der Waals surface area contributed by atoms with Crippen molar-refractivity contribution in [2.24, 2.45) is 0 Å². The fourth-order valence-electron chi connectivity index (χ4n) is 2.96. The predicted molar refractivity (Wildman–Crippen MR) is 114 cm³/mol. The van der Waals surface area contributed by atoms with Gasteiger partial charge in [0.15, 0.2) is 0 Å². The van der Waals surface area contributed by atoms with Crippen molar-refractivity contribution in [2.75, 3.05) is 6.61 Å². The summed E-state index contributed by atoms with van der Waals surface area (Å²) >= 11 is 0. The average Bonchev–Trinajstić information content (AvgIpc) is 2.73. The van der Waals surface area contributed by atoms with Crippen molar-refractivity contribution in [1.82, 2.24) is 4.90 Å². The van der Waals surface area contributed by atoms with Crippen LogP contribution < -0.4 is 4.74 Å². The zero-order valence-electron chi connectivity index (χ0n) is 18.4. The van der Waals surface area contributed by atoms with Gasteiger partial charge in [0.1, 0.15) is 5.75 Å². The first-order chi connectivity index (χ1) is 14.7. The van der Waals surface area contributed by atoms with E-state index in [1.807, 2.05) is 30.3 Å². The molecule has 0 aliphatic carbocycles. The maximum Gasteiger partial charge on any atom is 0.303 e. The number of ether oxygens (including phenoxy) is 1. The van der Waals surface area contributed by atoms with Crippen LogP contribution >= 0.6 is 0 Å². The molecule has 0 aliphatic rings. The number of para-hydroxylation sites is 1. The topological polar surface area (TPSA) is 90.6 Å². The number of hydrogen-bond donors (Lipinski definition) is 1. The summed E-state index contributed by atoms with van der Waals surface area (Å²) in [7, 11) is 0. The van der Waals surface area contributed by atoms with Gasteiger partial charge in [0.25, 0.3) is 5.91 Å². The number of amides is 1. The third kappa shape index (κ3) is 6.93. The Hall–Kier alpha value is -3.33. The largest absolute Gasteiger partial charge is 0.493 e. The molecule has 2 rings (SSSR count). The number of benzene rings is 2. The molecule has 0 heterocycles. The second kappa shape index (κ2) is 11.6. The minimum atomic E-state index is -1.17. The van der Waals surface area contributed by atoms with Crippen molar-refractivity contribution < 1.29 is 20.8 Å². The quantitative estimate of drug-likeness (QED) is 0.546. The number of carboxylic acids is 1. The molecule has 0 atom stereocenters. The van der Waals surface area contributed by atoms with Crippen LogP contribution in [0.25, 0.3) is 0 Å². The van der Waals surface area contributed by atoms with Gasteiger partial charge in [-0.1, -0.05) is 18.2 Å². The Morgan fingerprint density at radius 3 is 2.47 bits per heavy atom. The first kappa shape index (κ1) is 21.4. The van der Waals surface area contributed by atoms with Gasteiger partial charge in [-0.2, -0.15) is 5.26 Å². The molecule has 0 spiro atoms. The third-order valence-corrected chi connectivity index (χ3v) is 4.64. The number of carboxylic acid groups (broad SMARTS) is 1. The molecule has 158 valence electrons. The monoisotopic (exact) mass is 409 g/mol. The molecule has 0 saturated heterocycles. The summed E-state index contributed by atoms with van der Waals surface area (Å²) in [5.74, 6) is -0.452. The van der Waals surface area contributed by atoms with E-state index in [4.69, 9.17) is 16.5 Å². The highest BCUT2D eigenvalue weighted by atomic mass is 16.5. The van der Waals surface area contributed by atoms with Crippen molar-refractivity contribution in [3.8, 4) is 11.8 Å². The Labute approximate surface area is 179 Å². The lowest BCUT2D eigenvalue weighted by Gasteiger charge is -2.28. The summed E-state index contributed by atoms with van der Waals surface area (Å²) in [4.78, 5) is 25.2. The van der Waals surface area contributed by atoms with Crippen LogP contribution in [-0.4, -0.2) is 34.5 Å². The average molecular weight is 410 g/mol. The highest BCUT2D eigenvalue weighted by Gasteiger charge is 2.20. The minimum absolute atomic E-state index is 0.154. The molecular formula is C24H28N2O4. The van der Waals surface area contributed by atoms with Gasteiger partial charge in [-0.25, -0.2) is 0 Å². The second-order valence-electron chi connectivity index (χ2n) is 7.19. The SMILES string of the molecule is [2H]C(C)(C)N(Cc1ccccc1OCCCCCC(=O)O)C(=O)c1ccc(C#N)cc1. The van der Waals surface area contributed by atoms with Crippen molar-refractivity contribution in [3.63, 3.8) is 0 Å². The minimum Gasteiger partial charge on any atom is -0.493 e. The third-order valence-electron chi connectivity index (χ3n) is 4.64. The van der Waals surface area contributed by atoms with Crippen LogP contribution in [0.3, 0.4) is 0 Å². The Morgan fingerprint density at radius 1 is 1.13 bits per heavy atom. The van der Waals surface area contributed by atoms with E-state index in [0.29, 0.717) is 29.9 Å². The molecule has 2 aromatic rings. The van der Waals surface area contributed by atoms with E-state index in [1.54, 1.807) is 38.1 Å². The molecule has 6 heteroatoms. The van der Waals surface area contributed by atoms with Crippen molar-refractivity contribution in [1.29, 1.82) is 5.26 Å². The smallest absolute Gasteiger partial charge is 0.303 e. The van der Waals surface area contributed by atoms with Gasteiger partial charge in [0, 0.05) is 30.1 Å². The van der Waals surface area contributed by atoms with Gasteiger partial charge in [0.2, 0.25) is 0 Å². The molecule has 0 saturated carbocycles. The molecule has 0 aromatic heterocycles. The number of carbonyl (C=O) groups is 2. The van der Waals surface area contributed by atoms with Crippen LogP contribution in [0.5, 0.6) is 5.75 Å². The number of unbranched alkanes of at least 4 members (excludes halogenated alkanes) is 2. The molecule has 0 bridgehead atoms. The Kier molecular flexibility index (Phi) is 8.28. The van der Waals surface area contributed by atoms with Crippen LogP contribution in [0.2, 0.25) is 0 Å². The molecule has 6 nitrogen and oxygen atoms in total. The summed E-state index contributed by atoms with van der Waals surface area (Å²) < 4.78 is 14.4. The number of hydrogen-bond acceptors (Lipinski definition) is 4. The molecule has 1 N–H and O–H groups in total. The fourth-order valence-corrected chi connectivity index (χ4v) is 2.96. The normalized spacial score (nSPS) is 11.3. The lowest BCUT2D eigenvalue weighted by Crippen LogP contribution is -2.36. The van der Waals surface area contributed by atoms with Gasteiger partial charge in [-0.05, 0) is 63.4 Å². The van der Waals surface area contributed by atoms with Gasteiger partial charge in [-0.15, -0.1) is 0 Å². The molecular weight excluding hydrogens is 380 g/mol. The summed E-state index contributed by atoms with van der Waals surface area (Å²) in [6.45, 7) is 3.95. The standard InChI is InChI=1S/C24H28N2O4/c1-18(2)26(24(29)20-13-11-19(16-25)12-14-20)17-21-8-5-6-9-22(21)30-15-7-3-4-10-23(27)28/h5-6,8-9,11-14,18H,3-4,7,10,15,17H2,1-2H3,(H,27,28)/i18D. The number of carbonyl (C=O) groups excluding carboxylic acids is 1. The second-order valence-corrected chi connectivity index (χ2v) is 7.19. The van der Waals surface area contributed by atoms with E-state index in [-0.39, 0.29) is 18.9 Å².